The molecule has 0 spiro atoms. The van der Waals surface area contributed by atoms with Crippen LogP contribution in [0.1, 0.15) is 16.4 Å². The number of nitrogens with zero attached hydrogens (tertiary/aromatic N) is 4. The Morgan fingerprint density at radius 3 is 2.80 bits per heavy atom. The minimum absolute atomic E-state index is 0.753. The summed E-state index contributed by atoms with van der Waals surface area (Å²) in [6.45, 7) is 4.74. The molecule has 0 aromatic carbocycles. The van der Waals surface area contributed by atoms with E-state index in [0.717, 1.165) is 29.6 Å². The van der Waals surface area contributed by atoms with Crippen LogP contribution in [-0.2, 0) is 6.54 Å². The predicted octanol–water partition coefficient (Wildman–Crippen LogP) is 2.95. The molecule has 3 aromatic heterocycles. The lowest BCUT2D eigenvalue weighted by molar-refractivity contribution is 0.929. The van der Waals surface area contributed by atoms with Gasteiger partial charge >= 0.3 is 0 Å². The van der Waals surface area contributed by atoms with Gasteiger partial charge in [-0.05, 0) is 26.0 Å². The van der Waals surface area contributed by atoms with Crippen molar-refractivity contribution in [1.29, 1.82) is 0 Å². The first-order valence-corrected chi connectivity index (χ1v) is 7.22. The van der Waals surface area contributed by atoms with E-state index in [1.165, 1.54) is 4.88 Å². The molecule has 0 amide bonds. The SMILES string of the molecule is Cc1ncsc1CNc1cccnc1-n1ccnc1C. The number of imidazole rings is 1. The lowest BCUT2D eigenvalue weighted by Crippen LogP contribution is -2.06. The largest absolute Gasteiger partial charge is 0.377 e. The van der Waals surface area contributed by atoms with Crippen molar-refractivity contribution in [3.63, 3.8) is 0 Å². The highest BCUT2D eigenvalue weighted by Gasteiger charge is 2.08. The third-order valence-electron chi connectivity index (χ3n) is 3.12. The van der Waals surface area contributed by atoms with Gasteiger partial charge in [0.15, 0.2) is 5.82 Å². The van der Waals surface area contributed by atoms with Crippen LogP contribution in [0.5, 0.6) is 0 Å². The quantitative estimate of drug-likeness (QED) is 0.800. The average molecular weight is 285 g/mol. The molecule has 0 atom stereocenters. The van der Waals surface area contributed by atoms with E-state index in [-0.39, 0.29) is 0 Å². The Bertz CT molecular complexity index is 716. The van der Waals surface area contributed by atoms with E-state index in [4.69, 9.17) is 0 Å². The summed E-state index contributed by atoms with van der Waals surface area (Å²) in [7, 11) is 0. The summed E-state index contributed by atoms with van der Waals surface area (Å²) < 4.78 is 1.97. The molecule has 3 aromatic rings. The van der Waals surface area contributed by atoms with Crippen LogP contribution in [0.3, 0.4) is 0 Å². The molecule has 0 aliphatic carbocycles. The van der Waals surface area contributed by atoms with E-state index in [2.05, 4.69) is 20.3 Å². The van der Waals surface area contributed by atoms with E-state index in [0.29, 0.717) is 0 Å². The van der Waals surface area contributed by atoms with Crippen LogP contribution >= 0.6 is 11.3 Å². The molecule has 0 unspecified atom stereocenters. The summed E-state index contributed by atoms with van der Waals surface area (Å²) >= 11 is 1.66. The zero-order chi connectivity index (χ0) is 13.9. The van der Waals surface area contributed by atoms with Crippen molar-refractivity contribution in [2.75, 3.05) is 5.32 Å². The first-order chi connectivity index (χ1) is 9.75. The number of anilines is 1. The van der Waals surface area contributed by atoms with Crippen molar-refractivity contribution in [3.8, 4) is 5.82 Å². The van der Waals surface area contributed by atoms with Crippen LogP contribution in [0.15, 0.2) is 36.2 Å². The van der Waals surface area contributed by atoms with Crippen LogP contribution in [0.4, 0.5) is 5.69 Å². The molecule has 20 heavy (non-hydrogen) atoms. The van der Waals surface area contributed by atoms with Gasteiger partial charge in [0.1, 0.15) is 5.82 Å². The van der Waals surface area contributed by atoms with Crippen LogP contribution in [0.2, 0.25) is 0 Å². The Kier molecular flexibility index (Phi) is 3.47. The van der Waals surface area contributed by atoms with Crippen molar-refractivity contribution < 1.29 is 0 Å². The third-order valence-corrected chi connectivity index (χ3v) is 4.06. The summed E-state index contributed by atoms with van der Waals surface area (Å²) in [6.07, 6.45) is 5.49. The maximum atomic E-state index is 4.45. The van der Waals surface area contributed by atoms with Crippen LogP contribution < -0.4 is 5.32 Å². The molecule has 1 N–H and O–H groups in total. The molecule has 3 rings (SSSR count). The van der Waals surface area contributed by atoms with Gasteiger partial charge in [-0.15, -0.1) is 11.3 Å². The van der Waals surface area contributed by atoms with Crippen LogP contribution in [-0.4, -0.2) is 19.5 Å². The molecule has 0 saturated carbocycles. The van der Waals surface area contributed by atoms with Gasteiger partial charge in [0, 0.05) is 23.5 Å². The van der Waals surface area contributed by atoms with Crippen LogP contribution in [0, 0.1) is 13.8 Å². The first kappa shape index (κ1) is 12.8. The van der Waals surface area contributed by atoms with Gasteiger partial charge in [-0.3, -0.25) is 4.57 Å². The fourth-order valence-electron chi connectivity index (χ4n) is 2.00. The van der Waals surface area contributed by atoms with E-state index in [1.807, 2.05) is 42.3 Å². The van der Waals surface area contributed by atoms with E-state index in [1.54, 1.807) is 23.7 Å². The summed E-state index contributed by atoms with van der Waals surface area (Å²) in [5.41, 5.74) is 3.93. The number of aryl methyl sites for hydroxylation is 2. The predicted molar refractivity (Wildman–Crippen MR) is 80.3 cm³/mol. The Hall–Kier alpha value is -2.21. The lowest BCUT2D eigenvalue weighted by atomic mass is 10.3. The second kappa shape index (κ2) is 5.42. The highest BCUT2D eigenvalue weighted by Crippen LogP contribution is 2.21. The number of aromatic nitrogens is 4. The van der Waals surface area contributed by atoms with Crippen molar-refractivity contribution in [3.05, 3.63) is 52.6 Å². The molecule has 0 saturated heterocycles. The third kappa shape index (κ3) is 2.42. The number of hydrogen-bond donors (Lipinski definition) is 1. The molecule has 0 aliphatic heterocycles. The second-order valence-electron chi connectivity index (χ2n) is 4.43. The number of hydrogen-bond acceptors (Lipinski definition) is 5. The Balaban J connectivity index is 1.87. The first-order valence-electron chi connectivity index (χ1n) is 6.34. The smallest absolute Gasteiger partial charge is 0.161 e. The van der Waals surface area contributed by atoms with Gasteiger partial charge in [0.25, 0.3) is 0 Å². The fourth-order valence-corrected chi connectivity index (χ4v) is 2.72. The summed E-state index contributed by atoms with van der Waals surface area (Å²) in [5.74, 6) is 1.78. The average Bonchev–Trinajstić information content (AvgIpc) is 3.06. The summed E-state index contributed by atoms with van der Waals surface area (Å²) in [6, 6.07) is 3.95. The summed E-state index contributed by atoms with van der Waals surface area (Å²) in [5, 5.41) is 3.43. The minimum atomic E-state index is 0.753. The molecule has 0 radical (unpaired) electrons. The Morgan fingerprint density at radius 2 is 2.10 bits per heavy atom. The Labute approximate surface area is 121 Å². The van der Waals surface area contributed by atoms with Gasteiger partial charge < -0.3 is 5.32 Å². The highest BCUT2D eigenvalue weighted by atomic mass is 32.1. The maximum Gasteiger partial charge on any atom is 0.161 e. The minimum Gasteiger partial charge on any atom is -0.377 e. The van der Waals surface area contributed by atoms with Crippen LogP contribution in [0.25, 0.3) is 5.82 Å². The van der Waals surface area contributed by atoms with Gasteiger partial charge in [-0.2, -0.15) is 0 Å². The number of nitrogens with one attached hydrogen (secondary N) is 1. The van der Waals surface area contributed by atoms with E-state index < -0.39 is 0 Å². The molecule has 102 valence electrons. The maximum absolute atomic E-state index is 4.45. The van der Waals surface area contributed by atoms with Gasteiger partial charge in [-0.25, -0.2) is 15.0 Å². The monoisotopic (exact) mass is 285 g/mol. The molecular weight excluding hydrogens is 270 g/mol. The van der Waals surface area contributed by atoms with Crippen molar-refractivity contribution >= 4 is 17.0 Å². The highest BCUT2D eigenvalue weighted by molar-refractivity contribution is 7.09. The zero-order valence-corrected chi connectivity index (χ0v) is 12.2. The zero-order valence-electron chi connectivity index (χ0n) is 11.4. The van der Waals surface area contributed by atoms with Gasteiger partial charge in [0.05, 0.1) is 23.4 Å². The topological polar surface area (TPSA) is 55.6 Å². The van der Waals surface area contributed by atoms with Gasteiger partial charge in [0.2, 0.25) is 0 Å². The fraction of sp³-hybridized carbons (Fsp3) is 0.214. The molecule has 3 heterocycles. The molecule has 0 fully saturated rings. The number of rotatable bonds is 4. The standard InChI is InChI=1S/C14H15N5S/c1-10-13(20-9-18-10)8-17-12-4-3-5-16-14(12)19-7-6-15-11(19)2/h3-7,9,17H,8H2,1-2H3. The molecule has 0 aliphatic rings. The Morgan fingerprint density at radius 1 is 1.20 bits per heavy atom. The molecule has 0 bridgehead atoms. The van der Waals surface area contributed by atoms with Gasteiger partial charge in [-0.1, -0.05) is 0 Å². The normalized spacial score (nSPS) is 10.7. The van der Waals surface area contributed by atoms with E-state index >= 15 is 0 Å². The molecule has 6 heteroatoms. The number of thiazole rings is 1. The molecule has 5 nitrogen and oxygen atoms in total. The van der Waals surface area contributed by atoms with E-state index in [9.17, 15) is 0 Å². The number of pyridine rings is 1. The van der Waals surface area contributed by atoms with Crippen molar-refractivity contribution in [1.82, 2.24) is 19.5 Å². The van der Waals surface area contributed by atoms with Crippen molar-refractivity contribution in [2.45, 2.75) is 20.4 Å². The van der Waals surface area contributed by atoms with Crippen molar-refractivity contribution in [2.24, 2.45) is 0 Å². The molecular formula is C14H15N5S. The lowest BCUT2D eigenvalue weighted by Gasteiger charge is -2.12. The second-order valence-corrected chi connectivity index (χ2v) is 5.37. The summed E-state index contributed by atoms with van der Waals surface area (Å²) in [4.78, 5) is 14.2.